The van der Waals surface area contributed by atoms with E-state index in [2.05, 4.69) is 10.2 Å². The van der Waals surface area contributed by atoms with Gasteiger partial charge in [0.05, 0.1) is 24.1 Å². The van der Waals surface area contributed by atoms with E-state index in [1.165, 1.54) is 10.4 Å². The van der Waals surface area contributed by atoms with Crippen molar-refractivity contribution in [2.75, 3.05) is 19.3 Å². The molecule has 32 heavy (non-hydrogen) atoms. The number of amides is 1. The first kappa shape index (κ1) is 21.4. The number of aromatic amines is 1. The van der Waals surface area contributed by atoms with Gasteiger partial charge < -0.3 is 4.90 Å². The highest BCUT2D eigenvalue weighted by Crippen LogP contribution is 2.49. The third-order valence-corrected chi connectivity index (χ3v) is 8.23. The first-order valence-electron chi connectivity index (χ1n) is 10.5. The van der Waals surface area contributed by atoms with Crippen molar-refractivity contribution in [1.82, 2.24) is 19.4 Å². The number of rotatable bonds is 3. The number of benzene rings is 1. The lowest BCUT2D eigenvalue weighted by molar-refractivity contribution is -0.138. The first-order chi connectivity index (χ1) is 15.0. The molecule has 3 aliphatic rings. The number of H-pyrrole nitrogens is 1. The van der Waals surface area contributed by atoms with E-state index in [4.69, 9.17) is 0 Å². The number of aromatic nitrogens is 2. The molecular weight excluding hydrogens is 445 g/mol. The van der Waals surface area contributed by atoms with Crippen molar-refractivity contribution < 1.29 is 26.4 Å². The van der Waals surface area contributed by atoms with Crippen LogP contribution < -0.4 is 0 Å². The van der Waals surface area contributed by atoms with Gasteiger partial charge in [-0.25, -0.2) is 8.42 Å². The molecule has 2 aliphatic heterocycles. The zero-order valence-corrected chi connectivity index (χ0v) is 18.2. The highest BCUT2D eigenvalue weighted by Gasteiger charge is 2.46. The molecule has 2 fully saturated rings. The van der Waals surface area contributed by atoms with Crippen LogP contribution >= 0.6 is 0 Å². The summed E-state index contributed by atoms with van der Waals surface area (Å²) in [4.78, 5) is 14.8. The Morgan fingerprint density at radius 1 is 1.12 bits per heavy atom. The maximum atomic E-state index is 13.4. The molecule has 1 amide bonds. The molecule has 11 heteroatoms. The van der Waals surface area contributed by atoms with Gasteiger partial charge >= 0.3 is 6.18 Å². The normalized spacial score (nSPS) is 25.9. The number of alkyl halides is 3. The molecule has 3 heterocycles. The molecular formula is C21H23F3N4O3S. The molecule has 1 aromatic heterocycles. The smallest absolute Gasteiger partial charge is 0.337 e. The van der Waals surface area contributed by atoms with Gasteiger partial charge in [0.15, 0.2) is 5.69 Å². The number of likely N-dealkylation sites (tertiary alicyclic amines) is 1. The second-order valence-corrected chi connectivity index (χ2v) is 11.0. The molecule has 1 saturated carbocycles. The lowest BCUT2D eigenvalue weighted by Crippen LogP contribution is -2.31. The summed E-state index contributed by atoms with van der Waals surface area (Å²) in [7, 11) is -3.38. The van der Waals surface area contributed by atoms with Crippen LogP contribution in [0.3, 0.4) is 0 Å². The van der Waals surface area contributed by atoms with Crippen molar-refractivity contribution in [2.24, 2.45) is 11.8 Å². The summed E-state index contributed by atoms with van der Waals surface area (Å²) in [5, 5.41) is 6.91. The summed E-state index contributed by atoms with van der Waals surface area (Å²) in [5.41, 5.74) is 1.25. The fraction of sp³-hybridized carbons (Fsp3) is 0.524. The van der Waals surface area contributed by atoms with E-state index in [1.54, 1.807) is 17.0 Å². The fourth-order valence-electron chi connectivity index (χ4n) is 5.50. The van der Waals surface area contributed by atoms with Crippen LogP contribution in [-0.4, -0.2) is 53.1 Å². The third kappa shape index (κ3) is 3.61. The van der Waals surface area contributed by atoms with Crippen molar-refractivity contribution in [3.05, 3.63) is 52.3 Å². The van der Waals surface area contributed by atoms with Crippen molar-refractivity contribution in [3.63, 3.8) is 0 Å². The van der Waals surface area contributed by atoms with Crippen LogP contribution in [0.5, 0.6) is 0 Å². The second-order valence-electron chi connectivity index (χ2n) is 9.04. The summed E-state index contributed by atoms with van der Waals surface area (Å²) in [6, 6.07) is 5.76. The van der Waals surface area contributed by atoms with Crippen molar-refractivity contribution in [3.8, 4) is 0 Å². The molecule has 7 nitrogen and oxygen atoms in total. The molecule has 1 N–H and O–H groups in total. The minimum absolute atomic E-state index is 0.114. The van der Waals surface area contributed by atoms with E-state index in [0.717, 1.165) is 12.3 Å². The van der Waals surface area contributed by atoms with E-state index in [-0.39, 0.29) is 42.4 Å². The first-order valence-corrected chi connectivity index (χ1v) is 12.3. The van der Waals surface area contributed by atoms with Crippen LogP contribution in [0.25, 0.3) is 0 Å². The second kappa shape index (κ2) is 7.31. The van der Waals surface area contributed by atoms with E-state index < -0.39 is 21.8 Å². The van der Waals surface area contributed by atoms with E-state index in [1.807, 2.05) is 0 Å². The molecule has 2 aromatic rings. The van der Waals surface area contributed by atoms with Crippen LogP contribution in [0.2, 0.25) is 0 Å². The topological polar surface area (TPSA) is 86.4 Å². The Morgan fingerprint density at radius 2 is 1.78 bits per heavy atom. The summed E-state index contributed by atoms with van der Waals surface area (Å²) in [6.07, 6.45) is -2.02. The number of carbonyl (C=O) groups excluding carboxylic acids is 1. The van der Waals surface area contributed by atoms with Gasteiger partial charge in [0.1, 0.15) is 0 Å². The Balaban J connectivity index is 1.29. The largest absolute Gasteiger partial charge is 0.416 e. The average molecular weight is 469 g/mol. The van der Waals surface area contributed by atoms with Crippen LogP contribution in [0.1, 0.15) is 51.6 Å². The Bertz CT molecular complexity index is 1160. The number of fused-ring (bicyclic) bond motifs is 2. The molecule has 1 aromatic carbocycles. The third-order valence-electron chi connectivity index (χ3n) is 7.04. The molecule has 3 atom stereocenters. The Labute approximate surface area is 183 Å². The number of nitrogens with zero attached hydrogens (tertiary/aromatic N) is 3. The predicted octanol–water partition coefficient (Wildman–Crippen LogP) is 2.97. The number of hydrogen-bond donors (Lipinski definition) is 1. The SMILES string of the molecule is CS(=O)(=O)N1Cc2[nH]nc(C(=O)N3C[C@H]4CC(c5ccccc5C(F)(F)F)C[C@H]4C3)c2C1. The van der Waals surface area contributed by atoms with Crippen molar-refractivity contribution in [1.29, 1.82) is 0 Å². The maximum absolute atomic E-state index is 13.4. The lowest BCUT2D eigenvalue weighted by Gasteiger charge is -2.21. The van der Waals surface area contributed by atoms with Gasteiger partial charge in [-0.1, -0.05) is 18.2 Å². The number of sulfonamides is 1. The van der Waals surface area contributed by atoms with Crippen LogP contribution in [0.15, 0.2) is 24.3 Å². The van der Waals surface area contributed by atoms with Gasteiger partial charge in [-0.05, 0) is 42.2 Å². The number of hydrogen-bond acceptors (Lipinski definition) is 4. The van der Waals surface area contributed by atoms with E-state index >= 15 is 0 Å². The summed E-state index contributed by atoms with van der Waals surface area (Å²) >= 11 is 0. The highest BCUT2D eigenvalue weighted by molar-refractivity contribution is 7.88. The van der Waals surface area contributed by atoms with E-state index in [9.17, 15) is 26.4 Å². The highest BCUT2D eigenvalue weighted by atomic mass is 32.2. The molecule has 172 valence electrons. The molecule has 0 spiro atoms. The van der Waals surface area contributed by atoms with Crippen LogP contribution in [0, 0.1) is 11.8 Å². The van der Waals surface area contributed by atoms with Crippen LogP contribution in [-0.2, 0) is 29.3 Å². The minimum Gasteiger partial charge on any atom is -0.337 e. The zero-order chi connectivity index (χ0) is 22.8. The maximum Gasteiger partial charge on any atom is 0.416 e. The van der Waals surface area contributed by atoms with Gasteiger partial charge in [-0.3, -0.25) is 9.89 Å². The fourth-order valence-corrected chi connectivity index (χ4v) is 6.23. The Hall–Kier alpha value is -2.40. The lowest BCUT2D eigenvalue weighted by atomic mass is 9.91. The molecule has 1 unspecified atom stereocenters. The predicted molar refractivity (Wildman–Crippen MR) is 109 cm³/mol. The van der Waals surface area contributed by atoms with Gasteiger partial charge in [-0.2, -0.15) is 22.6 Å². The quantitative estimate of drug-likeness (QED) is 0.751. The summed E-state index contributed by atoms with van der Waals surface area (Å²) < 4.78 is 65.2. The van der Waals surface area contributed by atoms with E-state index in [0.29, 0.717) is 42.8 Å². The summed E-state index contributed by atoms with van der Waals surface area (Å²) in [5.74, 6) is -0.132. The molecule has 0 radical (unpaired) electrons. The number of halogens is 3. The molecule has 1 saturated heterocycles. The van der Waals surface area contributed by atoms with Crippen molar-refractivity contribution in [2.45, 2.75) is 38.0 Å². The van der Waals surface area contributed by atoms with Gasteiger partial charge in [-0.15, -0.1) is 0 Å². The standard InChI is InChI=1S/C21H23F3N4O3S/c1-32(30,31)28-10-16-18(11-28)25-26-19(16)20(29)27-8-13-6-12(7-14(13)9-27)15-4-2-3-5-17(15)21(22,23)24/h2-5,12-14H,6-11H2,1H3,(H,25,26)/t12?,13-,14+. The Morgan fingerprint density at radius 3 is 2.41 bits per heavy atom. The average Bonchev–Trinajstić information content (AvgIpc) is 3.44. The van der Waals surface area contributed by atoms with Gasteiger partial charge in [0, 0.05) is 25.2 Å². The zero-order valence-electron chi connectivity index (χ0n) is 17.4. The molecule has 1 aliphatic carbocycles. The Kier molecular flexibility index (Phi) is 4.90. The van der Waals surface area contributed by atoms with Crippen molar-refractivity contribution >= 4 is 15.9 Å². The minimum atomic E-state index is -4.38. The van der Waals surface area contributed by atoms with Gasteiger partial charge in [0.2, 0.25) is 10.0 Å². The van der Waals surface area contributed by atoms with Crippen LogP contribution in [0.4, 0.5) is 13.2 Å². The summed E-state index contributed by atoms with van der Waals surface area (Å²) in [6.45, 7) is 1.24. The number of nitrogens with one attached hydrogen (secondary N) is 1. The molecule has 0 bridgehead atoms. The van der Waals surface area contributed by atoms with Gasteiger partial charge in [0.25, 0.3) is 5.91 Å². The monoisotopic (exact) mass is 468 g/mol. The number of carbonyl (C=O) groups is 1. The molecule has 5 rings (SSSR count).